The molecular formula is C12H13FN2O4. The van der Waals surface area contributed by atoms with Gasteiger partial charge in [0.25, 0.3) is 5.69 Å². The Kier molecular flexibility index (Phi) is 3.75. The Bertz CT molecular complexity index is 520. The molecule has 0 aromatic heterocycles. The number of nitro groups is 1. The van der Waals surface area contributed by atoms with Crippen molar-refractivity contribution in [2.24, 2.45) is 0 Å². The van der Waals surface area contributed by atoms with Crippen molar-refractivity contribution in [3.63, 3.8) is 0 Å². The van der Waals surface area contributed by atoms with Crippen LogP contribution in [0.5, 0.6) is 0 Å². The van der Waals surface area contributed by atoms with Crippen molar-refractivity contribution in [2.45, 2.75) is 25.4 Å². The van der Waals surface area contributed by atoms with Gasteiger partial charge in [-0.3, -0.25) is 19.8 Å². The molecule has 1 aliphatic rings. The van der Waals surface area contributed by atoms with Gasteiger partial charge >= 0.3 is 5.97 Å². The van der Waals surface area contributed by atoms with Crippen LogP contribution >= 0.6 is 0 Å². The van der Waals surface area contributed by atoms with E-state index in [2.05, 4.69) is 0 Å². The maximum absolute atomic E-state index is 13.3. The number of hydrogen-bond donors (Lipinski definition) is 1. The zero-order valence-corrected chi connectivity index (χ0v) is 10.1. The summed E-state index contributed by atoms with van der Waals surface area (Å²) in [5.74, 6) is -1.60. The van der Waals surface area contributed by atoms with Crippen LogP contribution in [0.2, 0.25) is 0 Å². The summed E-state index contributed by atoms with van der Waals surface area (Å²) in [6.45, 7) is 0.802. The van der Waals surface area contributed by atoms with Gasteiger partial charge in [0.15, 0.2) is 0 Å². The third-order valence-corrected chi connectivity index (χ3v) is 3.19. The van der Waals surface area contributed by atoms with Gasteiger partial charge in [0.05, 0.1) is 11.0 Å². The van der Waals surface area contributed by atoms with E-state index in [4.69, 9.17) is 5.11 Å². The largest absolute Gasteiger partial charge is 0.480 e. The fourth-order valence-corrected chi connectivity index (χ4v) is 2.36. The maximum Gasteiger partial charge on any atom is 0.320 e. The highest BCUT2D eigenvalue weighted by atomic mass is 19.1. The molecule has 1 unspecified atom stereocenters. The summed E-state index contributed by atoms with van der Waals surface area (Å²) < 4.78 is 13.3. The smallest absolute Gasteiger partial charge is 0.320 e. The van der Waals surface area contributed by atoms with Gasteiger partial charge < -0.3 is 5.11 Å². The summed E-state index contributed by atoms with van der Waals surface area (Å²) in [6, 6.07) is 2.73. The molecular weight excluding hydrogens is 255 g/mol. The van der Waals surface area contributed by atoms with Crippen molar-refractivity contribution in [1.29, 1.82) is 0 Å². The van der Waals surface area contributed by atoms with Crippen LogP contribution in [-0.2, 0) is 11.3 Å². The van der Waals surface area contributed by atoms with Crippen LogP contribution in [0.25, 0.3) is 0 Å². The minimum Gasteiger partial charge on any atom is -0.480 e. The summed E-state index contributed by atoms with van der Waals surface area (Å²) in [6.07, 6.45) is 1.31. The van der Waals surface area contributed by atoms with Gasteiger partial charge in [-0.1, -0.05) is 0 Å². The molecule has 0 amide bonds. The SMILES string of the molecule is O=C(O)C1CCCN1Cc1cc(F)cc([N+](=O)[O-])c1. The monoisotopic (exact) mass is 268 g/mol. The van der Waals surface area contributed by atoms with Gasteiger partial charge in [0, 0.05) is 12.6 Å². The number of halogens is 1. The van der Waals surface area contributed by atoms with E-state index in [-0.39, 0.29) is 12.2 Å². The van der Waals surface area contributed by atoms with Crippen LogP contribution in [0.1, 0.15) is 18.4 Å². The molecule has 1 heterocycles. The highest BCUT2D eigenvalue weighted by Gasteiger charge is 2.30. The van der Waals surface area contributed by atoms with E-state index in [0.717, 1.165) is 12.5 Å². The Morgan fingerprint density at radius 1 is 1.53 bits per heavy atom. The standard InChI is InChI=1S/C12H13FN2O4/c13-9-4-8(5-10(6-9)15(18)19)7-14-3-1-2-11(14)12(16)17/h4-6,11H,1-3,7H2,(H,16,17). The summed E-state index contributed by atoms with van der Waals surface area (Å²) in [5.41, 5.74) is 0.0981. The Balaban J connectivity index is 2.19. The van der Waals surface area contributed by atoms with Gasteiger partial charge in [-0.15, -0.1) is 0 Å². The number of carboxylic acid groups (broad SMARTS) is 1. The minimum atomic E-state index is -0.914. The Morgan fingerprint density at radius 2 is 2.26 bits per heavy atom. The van der Waals surface area contributed by atoms with E-state index in [9.17, 15) is 19.3 Å². The van der Waals surface area contributed by atoms with E-state index in [1.54, 1.807) is 4.90 Å². The first-order valence-corrected chi connectivity index (χ1v) is 5.88. The third kappa shape index (κ3) is 3.05. The summed E-state index contributed by atoms with van der Waals surface area (Å²) >= 11 is 0. The molecule has 1 atom stereocenters. The lowest BCUT2D eigenvalue weighted by Crippen LogP contribution is -2.35. The lowest BCUT2D eigenvalue weighted by atomic mass is 10.1. The molecule has 102 valence electrons. The normalized spacial score (nSPS) is 19.5. The zero-order chi connectivity index (χ0) is 14.0. The van der Waals surface area contributed by atoms with Crippen LogP contribution in [0.15, 0.2) is 18.2 Å². The zero-order valence-electron chi connectivity index (χ0n) is 10.1. The first kappa shape index (κ1) is 13.4. The van der Waals surface area contributed by atoms with Crippen molar-refractivity contribution < 1.29 is 19.2 Å². The number of benzene rings is 1. The number of hydrogen-bond acceptors (Lipinski definition) is 4. The van der Waals surface area contributed by atoms with Crippen molar-refractivity contribution in [2.75, 3.05) is 6.54 Å². The molecule has 1 aromatic carbocycles. The number of nitro benzene ring substituents is 1. The molecule has 0 aliphatic carbocycles. The molecule has 2 rings (SSSR count). The van der Waals surface area contributed by atoms with E-state index in [1.165, 1.54) is 12.1 Å². The van der Waals surface area contributed by atoms with Crippen LogP contribution in [0, 0.1) is 15.9 Å². The van der Waals surface area contributed by atoms with Crippen molar-refractivity contribution in [1.82, 2.24) is 4.90 Å². The van der Waals surface area contributed by atoms with E-state index in [1.807, 2.05) is 0 Å². The Labute approximate surface area is 108 Å². The molecule has 1 aliphatic heterocycles. The van der Waals surface area contributed by atoms with E-state index >= 15 is 0 Å². The predicted molar refractivity (Wildman–Crippen MR) is 64.1 cm³/mol. The second-order valence-electron chi connectivity index (χ2n) is 4.54. The average molecular weight is 268 g/mol. The molecule has 0 saturated carbocycles. The summed E-state index contributed by atoms with van der Waals surface area (Å²) in [4.78, 5) is 22.7. The average Bonchev–Trinajstić information content (AvgIpc) is 2.76. The molecule has 0 radical (unpaired) electrons. The highest BCUT2D eigenvalue weighted by molar-refractivity contribution is 5.73. The highest BCUT2D eigenvalue weighted by Crippen LogP contribution is 2.23. The number of likely N-dealkylation sites (tertiary alicyclic amines) is 1. The first-order chi connectivity index (χ1) is 8.97. The van der Waals surface area contributed by atoms with Gasteiger partial charge in [-0.05, 0) is 31.0 Å². The fraction of sp³-hybridized carbons (Fsp3) is 0.417. The van der Waals surface area contributed by atoms with Crippen LogP contribution in [-0.4, -0.2) is 33.5 Å². The maximum atomic E-state index is 13.3. The summed E-state index contributed by atoms with van der Waals surface area (Å²) in [7, 11) is 0. The number of nitrogens with zero attached hydrogens (tertiary/aromatic N) is 2. The van der Waals surface area contributed by atoms with Gasteiger partial charge in [0.1, 0.15) is 11.9 Å². The summed E-state index contributed by atoms with van der Waals surface area (Å²) in [5, 5.41) is 19.7. The van der Waals surface area contributed by atoms with Crippen LogP contribution < -0.4 is 0 Å². The third-order valence-electron chi connectivity index (χ3n) is 3.19. The van der Waals surface area contributed by atoms with Gasteiger partial charge in [-0.25, -0.2) is 4.39 Å². The molecule has 6 nitrogen and oxygen atoms in total. The second-order valence-corrected chi connectivity index (χ2v) is 4.54. The number of aliphatic carboxylic acids is 1. The topological polar surface area (TPSA) is 83.7 Å². The van der Waals surface area contributed by atoms with Crippen LogP contribution in [0.4, 0.5) is 10.1 Å². The molecule has 1 saturated heterocycles. The molecule has 1 fully saturated rings. The van der Waals surface area contributed by atoms with Gasteiger partial charge in [-0.2, -0.15) is 0 Å². The molecule has 0 bridgehead atoms. The van der Waals surface area contributed by atoms with Gasteiger partial charge in [0.2, 0.25) is 0 Å². The molecule has 19 heavy (non-hydrogen) atoms. The van der Waals surface area contributed by atoms with Crippen molar-refractivity contribution >= 4 is 11.7 Å². The quantitative estimate of drug-likeness (QED) is 0.664. The molecule has 0 spiro atoms. The Morgan fingerprint density at radius 3 is 2.89 bits per heavy atom. The Hall–Kier alpha value is -2.02. The lowest BCUT2D eigenvalue weighted by molar-refractivity contribution is -0.385. The molecule has 1 N–H and O–H groups in total. The number of carbonyl (C=O) groups is 1. The molecule has 1 aromatic rings. The van der Waals surface area contributed by atoms with E-state index < -0.39 is 22.8 Å². The predicted octanol–water partition coefficient (Wildman–Crippen LogP) is 1.78. The molecule has 7 heteroatoms. The first-order valence-electron chi connectivity index (χ1n) is 5.88. The van der Waals surface area contributed by atoms with Crippen molar-refractivity contribution in [3.05, 3.63) is 39.7 Å². The number of carboxylic acids is 1. The van der Waals surface area contributed by atoms with E-state index in [0.29, 0.717) is 18.5 Å². The lowest BCUT2D eigenvalue weighted by Gasteiger charge is -2.20. The second kappa shape index (κ2) is 5.31. The van der Waals surface area contributed by atoms with Crippen LogP contribution in [0.3, 0.4) is 0 Å². The number of rotatable bonds is 4. The number of non-ortho nitro benzene ring substituents is 1. The van der Waals surface area contributed by atoms with Crippen molar-refractivity contribution in [3.8, 4) is 0 Å². The fourth-order valence-electron chi connectivity index (χ4n) is 2.36. The minimum absolute atomic E-state index is 0.204.